The molecule has 0 amide bonds. The highest BCUT2D eigenvalue weighted by Crippen LogP contribution is 2.32. The summed E-state index contributed by atoms with van der Waals surface area (Å²) in [4.78, 5) is 0. The zero-order chi connectivity index (χ0) is 10.8. The normalized spacial score (nSPS) is 31.5. The Morgan fingerprint density at radius 1 is 1.29 bits per heavy atom. The molecule has 2 nitrogen and oxygen atoms in total. The third-order valence-electron chi connectivity index (χ3n) is 2.22. The van der Waals surface area contributed by atoms with Gasteiger partial charge in [0.25, 0.3) is 5.63 Å². The summed E-state index contributed by atoms with van der Waals surface area (Å²) in [5, 5.41) is 9.09. The third kappa shape index (κ3) is 3.29. The molecule has 1 fully saturated rings. The lowest BCUT2D eigenvalue weighted by molar-refractivity contribution is -0.284. The number of hydrogen-bond donors (Lipinski definition) is 1. The lowest BCUT2D eigenvalue weighted by atomic mass is 9.95. The van der Waals surface area contributed by atoms with Gasteiger partial charge in [-0.15, -0.1) is 0 Å². The third-order valence-corrected chi connectivity index (χ3v) is 2.48. The number of hydrogen-bond acceptors (Lipinski definition) is 2. The van der Waals surface area contributed by atoms with Crippen molar-refractivity contribution in [3.63, 3.8) is 0 Å². The Morgan fingerprint density at radius 2 is 1.79 bits per heavy atom. The molecule has 1 rings (SSSR count). The second kappa shape index (κ2) is 4.68. The summed E-state index contributed by atoms with van der Waals surface area (Å²) in [6.07, 6.45) is -3.69. The minimum atomic E-state index is -3.94. The molecular formula is C8H12ClF3O2. The van der Waals surface area contributed by atoms with Crippen LogP contribution in [-0.4, -0.2) is 29.1 Å². The average molecular weight is 233 g/mol. The number of aliphatic hydroxyl groups excluding tert-OH is 1. The van der Waals surface area contributed by atoms with Gasteiger partial charge in [-0.2, -0.15) is 8.78 Å². The van der Waals surface area contributed by atoms with Crippen molar-refractivity contribution in [1.82, 2.24) is 0 Å². The van der Waals surface area contributed by atoms with Crippen LogP contribution in [0.1, 0.15) is 25.7 Å². The molecule has 0 aliphatic heterocycles. The van der Waals surface area contributed by atoms with Crippen LogP contribution >= 0.6 is 11.6 Å². The molecule has 0 aromatic rings. The van der Waals surface area contributed by atoms with Crippen molar-refractivity contribution in [2.75, 3.05) is 0 Å². The van der Waals surface area contributed by atoms with Crippen LogP contribution in [-0.2, 0) is 4.74 Å². The molecule has 1 unspecified atom stereocenters. The zero-order valence-corrected chi connectivity index (χ0v) is 8.18. The fourth-order valence-electron chi connectivity index (χ4n) is 1.44. The topological polar surface area (TPSA) is 29.5 Å². The second-order valence-electron chi connectivity index (χ2n) is 3.41. The van der Waals surface area contributed by atoms with E-state index in [9.17, 15) is 13.2 Å². The molecule has 1 N–H and O–H groups in total. The molecule has 0 radical (unpaired) electrons. The van der Waals surface area contributed by atoms with Crippen molar-refractivity contribution >= 4 is 11.6 Å². The van der Waals surface area contributed by atoms with Gasteiger partial charge >= 0.3 is 6.11 Å². The van der Waals surface area contributed by atoms with E-state index in [1.807, 2.05) is 0 Å². The summed E-state index contributed by atoms with van der Waals surface area (Å²) in [5.41, 5.74) is -2.82. The van der Waals surface area contributed by atoms with Gasteiger partial charge in [-0.25, -0.2) is 4.39 Å². The highest BCUT2D eigenvalue weighted by atomic mass is 35.5. The molecule has 0 heterocycles. The Morgan fingerprint density at radius 3 is 2.21 bits per heavy atom. The molecule has 14 heavy (non-hydrogen) atoms. The summed E-state index contributed by atoms with van der Waals surface area (Å²) < 4.78 is 41.7. The van der Waals surface area contributed by atoms with Crippen LogP contribution in [0.2, 0.25) is 0 Å². The van der Waals surface area contributed by atoms with Gasteiger partial charge in [0.1, 0.15) is 0 Å². The highest BCUT2D eigenvalue weighted by molar-refractivity contribution is 6.20. The summed E-state index contributed by atoms with van der Waals surface area (Å²) in [5.74, 6) is 0. The van der Waals surface area contributed by atoms with Crippen molar-refractivity contribution in [1.29, 1.82) is 0 Å². The number of ether oxygens (including phenoxy) is 1. The quantitative estimate of drug-likeness (QED) is 0.758. The predicted molar refractivity (Wildman–Crippen MR) is 45.0 cm³/mol. The predicted octanol–water partition coefficient (Wildman–Crippen LogP) is 2.43. The molecule has 1 aliphatic rings. The Hall–Kier alpha value is -0.0000000000000000555. The number of halogens is 4. The van der Waals surface area contributed by atoms with E-state index in [-0.39, 0.29) is 0 Å². The molecule has 0 aromatic carbocycles. The van der Waals surface area contributed by atoms with Gasteiger partial charge in [-0.05, 0) is 25.7 Å². The highest BCUT2D eigenvalue weighted by Gasteiger charge is 2.43. The zero-order valence-electron chi connectivity index (χ0n) is 7.43. The number of aliphatic hydroxyl groups is 1. The first kappa shape index (κ1) is 12.1. The molecule has 0 aromatic heterocycles. The van der Waals surface area contributed by atoms with Gasteiger partial charge in [-0.1, -0.05) is 11.6 Å². The van der Waals surface area contributed by atoms with E-state index in [0.29, 0.717) is 25.7 Å². The number of alkyl halides is 4. The Balaban J connectivity index is 2.37. The van der Waals surface area contributed by atoms with Gasteiger partial charge in [0.2, 0.25) is 0 Å². The molecule has 0 bridgehead atoms. The Bertz CT molecular complexity index is 181. The summed E-state index contributed by atoms with van der Waals surface area (Å²) in [6.45, 7) is 0. The van der Waals surface area contributed by atoms with Gasteiger partial charge in [0.15, 0.2) is 0 Å². The van der Waals surface area contributed by atoms with Crippen molar-refractivity contribution in [3.05, 3.63) is 0 Å². The van der Waals surface area contributed by atoms with Crippen LogP contribution in [0.25, 0.3) is 0 Å². The van der Waals surface area contributed by atoms with E-state index in [1.165, 1.54) is 0 Å². The Labute approximate surface area is 85.0 Å². The van der Waals surface area contributed by atoms with Gasteiger partial charge in [0, 0.05) is 0 Å². The molecule has 1 saturated carbocycles. The monoisotopic (exact) mass is 232 g/mol. The van der Waals surface area contributed by atoms with E-state index in [4.69, 9.17) is 5.11 Å². The van der Waals surface area contributed by atoms with E-state index >= 15 is 0 Å². The lowest BCUT2D eigenvalue weighted by Crippen LogP contribution is -2.36. The van der Waals surface area contributed by atoms with Gasteiger partial charge in [-0.3, -0.25) is 0 Å². The van der Waals surface area contributed by atoms with Crippen LogP contribution in [0.5, 0.6) is 0 Å². The molecule has 1 aliphatic carbocycles. The summed E-state index contributed by atoms with van der Waals surface area (Å²) in [7, 11) is 0. The van der Waals surface area contributed by atoms with Crippen LogP contribution in [0.15, 0.2) is 0 Å². The molecule has 0 spiro atoms. The molecule has 6 heteroatoms. The summed E-state index contributed by atoms with van der Waals surface area (Å²) >= 11 is 4.63. The largest absolute Gasteiger partial charge is 0.401 e. The minimum absolute atomic E-state index is 0.306. The molecular weight excluding hydrogens is 221 g/mol. The smallest absolute Gasteiger partial charge is 0.393 e. The lowest BCUT2D eigenvalue weighted by Gasteiger charge is -2.29. The van der Waals surface area contributed by atoms with Crippen LogP contribution in [0.3, 0.4) is 0 Å². The Kier molecular flexibility index (Phi) is 4.04. The maximum Gasteiger partial charge on any atom is 0.401 e. The van der Waals surface area contributed by atoms with E-state index in [2.05, 4.69) is 16.3 Å². The SMILES string of the molecule is OC1CCC(OC(F)(F)C(F)Cl)CC1. The standard InChI is InChI=1S/C8H12ClF3O2/c9-7(10)8(11,12)14-6-3-1-5(13)2-4-6/h5-7,13H,1-4H2. The van der Waals surface area contributed by atoms with Gasteiger partial charge < -0.3 is 9.84 Å². The van der Waals surface area contributed by atoms with Gasteiger partial charge in [0.05, 0.1) is 12.2 Å². The first-order valence-electron chi connectivity index (χ1n) is 4.43. The molecule has 0 saturated heterocycles. The first-order chi connectivity index (χ1) is 6.42. The van der Waals surface area contributed by atoms with Crippen molar-refractivity contribution < 1.29 is 23.0 Å². The number of rotatable bonds is 3. The fraction of sp³-hybridized carbons (Fsp3) is 1.00. The molecule has 1 atom stereocenters. The first-order valence-corrected chi connectivity index (χ1v) is 4.87. The van der Waals surface area contributed by atoms with E-state index in [0.717, 1.165) is 0 Å². The minimum Gasteiger partial charge on any atom is -0.393 e. The van der Waals surface area contributed by atoms with Crippen molar-refractivity contribution in [2.45, 2.75) is 49.6 Å². The van der Waals surface area contributed by atoms with Crippen LogP contribution in [0.4, 0.5) is 13.2 Å². The second-order valence-corrected chi connectivity index (χ2v) is 3.79. The maximum absolute atomic E-state index is 12.6. The van der Waals surface area contributed by atoms with E-state index < -0.39 is 23.9 Å². The maximum atomic E-state index is 12.6. The average Bonchev–Trinajstić information content (AvgIpc) is 2.08. The van der Waals surface area contributed by atoms with Crippen molar-refractivity contribution in [3.8, 4) is 0 Å². The fourth-order valence-corrected chi connectivity index (χ4v) is 1.49. The summed E-state index contributed by atoms with van der Waals surface area (Å²) in [6, 6.07) is 0. The van der Waals surface area contributed by atoms with Crippen LogP contribution < -0.4 is 0 Å². The molecule has 84 valence electrons. The van der Waals surface area contributed by atoms with Crippen molar-refractivity contribution in [2.24, 2.45) is 0 Å². The van der Waals surface area contributed by atoms with Crippen LogP contribution in [0, 0.1) is 0 Å². The van der Waals surface area contributed by atoms with E-state index in [1.54, 1.807) is 0 Å².